The van der Waals surface area contributed by atoms with Crippen LogP contribution in [0, 0.1) is 0 Å². The van der Waals surface area contributed by atoms with Crippen LogP contribution in [0.4, 0.5) is 10.5 Å². The summed E-state index contributed by atoms with van der Waals surface area (Å²) in [4.78, 5) is 39.0. The Bertz CT molecular complexity index is 870. The minimum absolute atomic E-state index is 0.0630. The van der Waals surface area contributed by atoms with Crippen molar-refractivity contribution in [3.8, 4) is 5.75 Å². The van der Waals surface area contributed by atoms with Crippen molar-refractivity contribution in [1.29, 1.82) is 0 Å². The Labute approximate surface area is 188 Å². The van der Waals surface area contributed by atoms with Crippen LogP contribution < -0.4 is 20.7 Å². The third-order valence-electron chi connectivity index (χ3n) is 6.65. The van der Waals surface area contributed by atoms with Gasteiger partial charge in [0.05, 0.1) is 24.1 Å². The van der Waals surface area contributed by atoms with Crippen LogP contribution >= 0.6 is 0 Å². The van der Waals surface area contributed by atoms with E-state index in [1.54, 1.807) is 37.2 Å². The van der Waals surface area contributed by atoms with Crippen molar-refractivity contribution >= 4 is 23.5 Å². The standard InChI is InChI=1S/C23H32N4O5/c1-24-21(28)12-16-8-9-18-20(32-16)13-31-19-10-7-15(11-17(19)22(29)27(18)2)26-23(30)25-14-5-3-4-6-14/h7,10-11,14,16,18,20H,3-6,8-9,12-13H2,1-2H3,(H,24,28)(H2,25,26,30)/t16-,18+,20+/m0/s1. The van der Waals surface area contributed by atoms with Crippen molar-refractivity contribution < 1.29 is 23.9 Å². The fourth-order valence-electron chi connectivity index (χ4n) is 4.84. The number of carbonyl (C=O) groups is 3. The number of likely N-dealkylation sites (N-methyl/N-ethyl adjacent to an activating group) is 1. The molecule has 9 heteroatoms. The summed E-state index contributed by atoms with van der Waals surface area (Å²) in [6.07, 6.45) is 5.51. The monoisotopic (exact) mass is 444 g/mol. The molecule has 1 aromatic carbocycles. The zero-order valence-corrected chi connectivity index (χ0v) is 18.7. The smallest absolute Gasteiger partial charge is 0.319 e. The molecule has 0 radical (unpaired) electrons. The highest BCUT2D eigenvalue weighted by Crippen LogP contribution is 2.32. The van der Waals surface area contributed by atoms with Gasteiger partial charge in [-0.1, -0.05) is 12.8 Å². The number of anilines is 1. The molecule has 0 spiro atoms. The van der Waals surface area contributed by atoms with Gasteiger partial charge in [0.15, 0.2) is 0 Å². The van der Waals surface area contributed by atoms with Crippen LogP contribution in [0.5, 0.6) is 5.75 Å². The largest absolute Gasteiger partial charge is 0.490 e. The predicted molar refractivity (Wildman–Crippen MR) is 119 cm³/mol. The van der Waals surface area contributed by atoms with Gasteiger partial charge in [-0.25, -0.2) is 4.79 Å². The van der Waals surface area contributed by atoms with Crippen LogP contribution in [-0.4, -0.2) is 67.7 Å². The van der Waals surface area contributed by atoms with Gasteiger partial charge in [-0.2, -0.15) is 0 Å². The minimum atomic E-state index is -0.310. The lowest BCUT2D eigenvalue weighted by Gasteiger charge is -2.42. The quantitative estimate of drug-likeness (QED) is 0.660. The molecule has 2 heterocycles. The van der Waals surface area contributed by atoms with Crippen molar-refractivity contribution in [2.45, 2.75) is 69.2 Å². The second-order valence-electron chi connectivity index (χ2n) is 8.84. The molecular formula is C23H32N4O5. The maximum Gasteiger partial charge on any atom is 0.319 e. The normalized spacial score (nSPS) is 25.6. The Morgan fingerprint density at radius 3 is 2.69 bits per heavy atom. The highest BCUT2D eigenvalue weighted by Gasteiger charge is 2.39. The van der Waals surface area contributed by atoms with Gasteiger partial charge >= 0.3 is 6.03 Å². The Kier molecular flexibility index (Phi) is 6.83. The molecule has 32 heavy (non-hydrogen) atoms. The van der Waals surface area contributed by atoms with Crippen LogP contribution in [0.2, 0.25) is 0 Å². The first-order valence-electron chi connectivity index (χ1n) is 11.4. The number of urea groups is 1. The lowest BCUT2D eigenvalue weighted by atomic mass is 9.94. The molecule has 3 aliphatic rings. The second-order valence-corrected chi connectivity index (χ2v) is 8.84. The first-order valence-corrected chi connectivity index (χ1v) is 11.4. The molecule has 1 saturated carbocycles. The summed E-state index contributed by atoms with van der Waals surface area (Å²) in [5.41, 5.74) is 0.962. The van der Waals surface area contributed by atoms with Crippen molar-refractivity contribution in [2.75, 3.05) is 26.0 Å². The minimum Gasteiger partial charge on any atom is -0.490 e. The van der Waals surface area contributed by atoms with Crippen LogP contribution in [0.1, 0.15) is 55.3 Å². The van der Waals surface area contributed by atoms with E-state index >= 15 is 0 Å². The van der Waals surface area contributed by atoms with Gasteiger partial charge in [0, 0.05) is 25.8 Å². The van der Waals surface area contributed by atoms with E-state index in [0.29, 0.717) is 29.8 Å². The van der Waals surface area contributed by atoms with Gasteiger partial charge in [-0.05, 0) is 43.9 Å². The van der Waals surface area contributed by atoms with E-state index in [0.717, 1.165) is 32.1 Å². The average Bonchev–Trinajstić information content (AvgIpc) is 3.29. The van der Waals surface area contributed by atoms with Gasteiger partial charge in [0.1, 0.15) is 18.5 Å². The molecule has 3 atom stereocenters. The molecule has 9 nitrogen and oxygen atoms in total. The first kappa shape index (κ1) is 22.4. The van der Waals surface area contributed by atoms with Crippen molar-refractivity contribution in [3.05, 3.63) is 23.8 Å². The van der Waals surface area contributed by atoms with E-state index in [2.05, 4.69) is 16.0 Å². The summed E-state index contributed by atoms with van der Waals surface area (Å²) in [5.74, 6) is 0.217. The van der Waals surface area contributed by atoms with E-state index in [1.165, 1.54) is 0 Å². The number of hydrogen-bond acceptors (Lipinski definition) is 5. The van der Waals surface area contributed by atoms with Gasteiger partial charge in [-0.15, -0.1) is 0 Å². The number of ether oxygens (including phenoxy) is 2. The average molecular weight is 445 g/mol. The summed E-state index contributed by atoms with van der Waals surface area (Å²) in [5, 5.41) is 8.45. The molecule has 0 aromatic heterocycles. The number of carbonyl (C=O) groups excluding carboxylic acids is 3. The molecule has 174 valence electrons. The van der Waals surface area contributed by atoms with Crippen LogP contribution in [0.25, 0.3) is 0 Å². The van der Waals surface area contributed by atoms with E-state index in [9.17, 15) is 14.4 Å². The third-order valence-corrected chi connectivity index (χ3v) is 6.65. The molecule has 0 unspecified atom stereocenters. The summed E-state index contributed by atoms with van der Waals surface area (Å²) in [6.45, 7) is 0.286. The molecule has 3 N–H and O–H groups in total. The molecule has 4 amide bonds. The number of nitrogens with one attached hydrogen (secondary N) is 3. The summed E-state index contributed by atoms with van der Waals surface area (Å²) in [7, 11) is 3.38. The highest BCUT2D eigenvalue weighted by molar-refractivity contribution is 5.99. The molecule has 1 aliphatic carbocycles. The molecule has 2 aliphatic heterocycles. The fourth-order valence-corrected chi connectivity index (χ4v) is 4.84. The Morgan fingerprint density at radius 1 is 1.16 bits per heavy atom. The number of rotatable bonds is 4. The zero-order chi connectivity index (χ0) is 22.7. The number of nitrogens with zero attached hydrogens (tertiary/aromatic N) is 1. The molecule has 0 bridgehead atoms. The van der Waals surface area contributed by atoms with Crippen molar-refractivity contribution in [3.63, 3.8) is 0 Å². The SMILES string of the molecule is CNC(=O)C[C@@H]1CC[C@@H]2[C@@H](COc3ccc(NC(=O)NC4CCCC4)cc3C(=O)N2C)O1. The van der Waals surface area contributed by atoms with Gasteiger partial charge in [0.2, 0.25) is 5.91 Å². The molecule has 2 fully saturated rings. The molecule has 1 saturated heterocycles. The number of benzene rings is 1. The molecule has 4 rings (SSSR count). The van der Waals surface area contributed by atoms with E-state index < -0.39 is 0 Å². The van der Waals surface area contributed by atoms with Crippen molar-refractivity contribution in [1.82, 2.24) is 15.5 Å². The summed E-state index contributed by atoms with van der Waals surface area (Å²) < 4.78 is 12.1. The van der Waals surface area contributed by atoms with Gasteiger partial charge in [0.25, 0.3) is 5.91 Å². The van der Waals surface area contributed by atoms with Crippen molar-refractivity contribution in [2.24, 2.45) is 0 Å². The highest BCUT2D eigenvalue weighted by atomic mass is 16.5. The first-order chi connectivity index (χ1) is 15.4. The third kappa shape index (κ3) is 4.98. The fraction of sp³-hybridized carbons (Fsp3) is 0.609. The Hall–Kier alpha value is -2.81. The van der Waals surface area contributed by atoms with Gasteiger partial charge < -0.3 is 30.3 Å². The van der Waals surface area contributed by atoms with Gasteiger partial charge in [-0.3, -0.25) is 9.59 Å². The number of amides is 4. The maximum atomic E-state index is 13.3. The maximum absolute atomic E-state index is 13.3. The summed E-state index contributed by atoms with van der Waals surface area (Å²) >= 11 is 0. The van der Waals surface area contributed by atoms with Crippen LogP contribution in [0.3, 0.4) is 0 Å². The van der Waals surface area contributed by atoms with E-state index in [-0.39, 0.29) is 48.7 Å². The lowest BCUT2D eigenvalue weighted by Crippen LogP contribution is -2.53. The zero-order valence-electron chi connectivity index (χ0n) is 18.7. The van der Waals surface area contributed by atoms with E-state index in [1.807, 2.05) is 0 Å². The lowest BCUT2D eigenvalue weighted by molar-refractivity contribution is -0.133. The Balaban J connectivity index is 1.45. The number of hydrogen-bond donors (Lipinski definition) is 3. The predicted octanol–water partition coefficient (Wildman–Crippen LogP) is 2.27. The van der Waals surface area contributed by atoms with E-state index in [4.69, 9.17) is 9.47 Å². The Morgan fingerprint density at radius 2 is 1.94 bits per heavy atom. The number of fused-ring (bicyclic) bond motifs is 2. The van der Waals surface area contributed by atoms with Crippen LogP contribution in [-0.2, 0) is 9.53 Å². The summed E-state index contributed by atoms with van der Waals surface area (Å²) in [6, 6.07) is 4.92. The van der Waals surface area contributed by atoms with Crippen LogP contribution in [0.15, 0.2) is 18.2 Å². The molecular weight excluding hydrogens is 412 g/mol. The molecule has 1 aromatic rings. The second kappa shape index (κ2) is 9.77. The topological polar surface area (TPSA) is 109 Å².